The average molecular weight is 529 g/mol. The predicted molar refractivity (Wildman–Crippen MR) is 132 cm³/mol. The minimum atomic E-state index is -0.539. The molecule has 1 aromatic heterocycles. The molecule has 0 bridgehead atoms. The number of rotatable bonds is 5. The zero-order valence-electron chi connectivity index (χ0n) is 19.0. The zero-order valence-corrected chi connectivity index (χ0v) is 20.6. The zero-order chi connectivity index (χ0) is 25.0. The van der Waals surface area contributed by atoms with E-state index in [1.165, 1.54) is 17.4 Å². The summed E-state index contributed by atoms with van der Waals surface area (Å²) in [6, 6.07) is 9.47. The van der Waals surface area contributed by atoms with Crippen LogP contribution in [0.1, 0.15) is 32.8 Å². The highest BCUT2D eigenvalue weighted by Gasteiger charge is 2.54. The first-order valence-electron chi connectivity index (χ1n) is 11.5. The van der Waals surface area contributed by atoms with Gasteiger partial charge in [0.25, 0.3) is 11.8 Å². The van der Waals surface area contributed by atoms with Crippen LogP contribution in [-0.2, 0) is 11.3 Å². The number of nitrogen functional groups attached to an aromatic ring is 1. The molecule has 11 heteroatoms. The number of carbonyl (C=O) groups is 2. The topological polar surface area (TPSA) is 107 Å². The van der Waals surface area contributed by atoms with Gasteiger partial charge in [-0.3, -0.25) is 9.59 Å². The second-order valence-electron chi connectivity index (χ2n) is 9.19. The lowest BCUT2D eigenvalue weighted by atomic mass is 10.1. The van der Waals surface area contributed by atoms with E-state index in [0.717, 1.165) is 18.1 Å². The summed E-state index contributed by atoms with van der Waals surface area (Å²) in [5.74, 6) is -0.208. The van der Waals surface area contributed by atoms with Crippen molar-refractivity contribution in [3.63, 3.8) is 0 Å². The van der Waals surface area contributed by atoms with Crippen LogP contribution >= 0.6 is 22.9 Å². The standard InChI is InChI=1S/C25H22ClFN4O4S/c26-15-3-1-2-12(4-15)22-20(30-25(28)36-22)24(33)31-9-13-6-17(13)19(31)8-29-23(32)18-7-16(27)5-14-10-34-11-35-21(14)18/h1-5,7,13,17,19H,6,8-11H2,(H2,28,30)(H,29,32)/t13-,17-,19-/m1/s1. The molecule has 2 aliphatic heterocycles. The van der Waals surface area contributed by atoms with E-state index < -0.39 is 11.7 Å². The van der Waals surface area contributed by atoms with E-state index in [0.29, 0.717) is 44.7 Å². The summed E-state index contributed by atoms with van der Waals surface area (Å²) in [6.45, 7) is 0.999. The Morgan fingerprint density at radius 1 is 1.31 bits per heavy atom. The SMILES string of the molecule is Nc1nc(C(=O)N2C[C@H]3C[C@H]3[C@H]2CNC(=O)c2cc(F)cc3c2OCOC3)c(-c2cccc(Cl)c2)s1. The maximum absolute atomic E-state index is 14.1. The molecular weight excluding hydrogens is 507 g/mol. The van der Waals surface area contributed by atoms with Gasteiger partial charge in [0.2, 0.25) is 0 Å². The normalized spacial score (nSPS) is 21.9. The molecule has 3 atom stereocenters. The molecule has 2 amide bonds. The average Bonchev–Trinajstić information content (AvgIpc) is 3.38. The maximum Gasteiger partial charge on any atom is 0.274 e. The number of piperidine rings is 1. The molecule has 36 heavy (non-hydrogen) atoms. The van der Waals surface area contributed by atoms with Crippen molar-refractivity contribution < 1.29 is 23.5 Å². The molecule has 0 spiro atoms. The Kier molecular flexibility index (Phi) is 5.82. The molecule has 3 N–H and O–H groups in total. The van der Waals surface area contributed by atoms with Crippen molar-refractivity contribution in [3.8, 4) is 16.2 Å². The van der Waals surface area contributed by atoms with E-state index >= 15 is 0 Å². The van der Waals surface area contributed by atoms with Gasteiger partial charge in [0.1, 0.15) is 17.3 Å². The van der Waals surface area contributed by atoms with E-state index in [9.17, 15) is 14.0 Å². The van der Waals surface area contributed by atoms with Gasteiger partial charge in [-0.2, -0.15) is 0 Å². The molecule has 3 aliphatic rings. The third-order valence-corrected chi connectivity index (χ3v) is 8.06. The Bertz CT molecular complexity index is 1380. The fourth-order valence-electron chi connectivity index (χ4n) is 5.15. The Balaban J connectivity index is 1.22. The predicted octanol–water partition coefficient (Wildman–Crippen LogP) is 3.94. The van der Waals surface area contributed by atoms with Crippen LogP contribution in [0.2, 0.25) is 5.02 Å². The quantitative estimate of drug-likeness (QED) is 0.519. The monoisotopic (exact) mass is 528 g/mol. The van der Waals surface area contributed by atoms with Crippen LogP contribution in [0.15, 0.2) is 36.4 Å². The molecule has 2 fully saturated rings. The van der Waals surface area contributed by atoms with Crippen molar-refractivity contribution in [3.05, 3.63) is 64.1 Å². The van der Waals surface area contributed by atoms with Gasteiger partial charge in [-0.1, -0.05) is 35.1 Å². The number of fused-ring (bicyclic) bond motifs is 2. The minimum Gasteiger partial charge on any atom is -0.466 e. The number of ether oxygens (including phenoxy) is 2. The van der Waals surface area contributed by atoms with Crippen molar-refractivity contribution in [1.82, 2.24) is 15.2 Å². The summed E-state index contributed by atoms with van der Waals surface area (Å²) < 4.78 is 24.8. The second kappa shape index (κ2) is 9.02. The number of nitrogens with two attached hydrogens (primary N) is 1. The number of thiazole rings is 1. The fraction of sp³-hybridized carbons (Fsp3) is 0.320. The first-order chi connectivity index (χ1) is 17.4. The number of benzene rings is 2. The Morgan fingerprint density at radius 3 is 3.00 bits per heavy atom. The van der Waals surface area contributed by atoms with E-state index in [1.807, 2.05) is 12.1 Å². The molecule has 3 aromatic rings. The van der Waals surface area contributed by atoms with E-state index in [-0.39, 0.29) is 43.2 Å². The highest BCUT2D eigenvalue weighted by molar-refractivity contribution is 7.19. The van der Waals surface area contributed by atoms with Crippen LogP contribution in [0.25, 0.3) is 10.4 Å². The first-order valence-corrected chi connectivity index (χ1v) is 12.7. The van der Waals surface area contributed by atoms with Crippen LogP contribution in [-0.4, -0.2) is 47.6 Å². The van der Waals surface area contributed by atoms with Crippen molar-refractivity contribution >= 4 is 39.9 Å². The van der Waals surface area contributed by atoms with Crippen molar-refractivity contribution in [1.29, 1.82) is 0 Å². The fourth-order valence-corrected chi connectivity index (χ4v) is 6.16. The van der Waals surface area contributed by atoms with Crippen molar-refractivity contribution in [2.75, 3.05) is 25.6 Å². The molecule has 1 aliphatic carbocycles. The minimum absolute atomic E-state index is 0.000692. The van der Waals surface area contributed by atoms with Crippen LogP contribution in [0.4, 0.5) is 9.52 Å². The number of carbonyl (C=O) groups excluding carboxylic acids is 2. The van der Waals surface area contributed by atoms with Gasteiger partial charge in [0.05, 0.1) is 23.1 Å². The summed E-state index contributed by atoms with van der Waals surface area (Å²) >= 11 is 7.40. The summed E-state index contributed by atoms with van der Waals surface area (Å²) in [5.41, 5.74) is 7.65. The molecule has 1 saturated carbocycles. The number of amides is 2. The number of nitrogens with one attached hydrogen (secondary N) is 1. The molecule has 1 saturated heterocycles. The van der Waals surface area contributed by atoms with Gasteiger partial charge < -0.3 is 25.4 Å². The van der Waals surface area contributed by atoms with Crippen molar-refractivity contribution in [2.45, 2.75) is 19.1 Å². The Morgan fingerprint density at radius 2 is 2.17 bits per heavy atom. The second-order valence-corrected chi connectivity index (χ2v) is 10.7. The van der Waals surface area contributed by atoms with Gasteiger partial charge in [-0.15, -0.1) is 0 Å². The molecule has 0 radical (unpaired) electrons. The van der Waals surface area contributed by atoms with Gasteiger partial charge in [0, 0.05) is 23.7 Å². The largest absolute Gasteiger partial charge is 0.466 e. The lowest BCUT2D eigenvalue weighted by Gasteiger charge is -2.28. The van der Waals surface area contributed by atoms with Gasteiger partial charge >= 0.3 is 0 Å². The molecular formula is C25H22ClFN4O4S. The number of anilines is 1. The summed E-state index contributed by atoms with van der Waals surface area (Å²) in [6.07, 6.45) is 1.00. The maximum atomic E-state index is 14.1. The Labute approximate surface area is 215 Å². The summed E-state index contributed by atoms with van der Waals surface area (Å²) in [5, 5.41) is 3.74. The third-order valence-electron chi connectivity index (χ3n) is 6.89. The number of aromatic nitrogens is 1. The third kappa shape index (κ3) is 4.19. The van der Waals surface area contributed by atoms with E-state index in [4.69, 9.17) is 26.8 Å². The van der Waals surface area contributed by atoms with Crippen LogP contribution in [0.3, 0.4) is 0 Å². The molecule has 8 nitrogen and oxygen atoms in total. The van der Waals surface area contributed by atoms with E-state index in [1.54, 1.807) is 17.0 Å². The molecule has 6 rings (SSSR count). The number of halogens is 2. The smallest absolute Gasteiger partial charge is 0.274 e. The van der Waals surface area contributed by atoms with Crippen LogP contribution in [0.5, 0.6) is 5.75 Å². The summed E-state index contributed by atoms with van der Waals surface area (Å²) in [4.78, 5) is 33.5. The molecule has 0 unspecified atom stereocenters. The lowest BCUT2D eigenvalue weighted by molar-refractivity contribution is -0.0170. The molecule has 3 heterocycles. The molecule has 186 valence electrons. The number of hydrogen-bond donors (Lipinski definition) is 2. The highest BCUT2D eigenvalue weighted by atomic mass is 35.5. The van der Waals surface area contributed by atoms with Crippen LogP contribution < -0.4 is 15.8 Å². The number of hydrogen-bond acceptors (Lipinski definition) is 7. The summed E-state index contributed by atoms with van der Waals surface area (Å²) in [7, 11) is 0. The number of nitrogens with zero attached hydrogens (tertiary/aromatic N) is 2. The number of likely N-dealkylation sites (tertiary alicyclic amines) is 1. The highest BCUT2D eigenvalue weighted by Crippen LogP contribution is 2.50. The first kappa shape index (κ1) is 23.2. The van der Waals surface area contributed by atoms with Crippen LogP contribution in [0, 0.1) is 17.7 Å². The lowest BCUT2D eigenvalue weighted by Crippen LogP contribution is -2.45. The van der Waals surface area contributed by atoms with Gasteiger partial charge in [-0.25, -0.2) is 9.37 Å². The van der Waals surface area contributed by atoms with E-state index in [2.05, 4.69) is 10.3 Å². The van der Waals surface area contributed by atoms with Crippen molar-refractivity contribution in [2.24, 2.45) is 11.8 Å². The molecule has 2 aromatic carbocycles. The Hall–Kier alpha value is -3.21. The van der Waals surface area contributed by atoms with Gasteiger partial charge in [0.15, 0.2) is 11.9 Å². The van der Waals surface area contributed by atoms with Gasteiger partial charge in [-0.05, 0) is 48.1 Å².